The van der Waals surface area contributed by atoms with Crippen molar-refractivity contribution in [2.24, 2.45) is 0 Å². The maximum Gasteiger partial charge on any atom is 0.339 e. The van der Waals surface area contributed by atoms with Crippen LogP contribution in [0.1, 0.15) is 29.2 Å². The number of halogens is 1. The Kier molecular flexibility index (Phi) is 4.61. The summed E-state index contributed by atoms with van der Waals surface area (Å²) in [4.78, 5) is 17.1. The molecule has 4 nitrogen and oxygen atoms in total. The molecule has 0 aromatic heterocycles. The zero-order valence-corrected chi connectivity index (χ0v) is 12.8. The number of hydroxylamine groups is 1. The molecular formula is C17H17ClN2O2. The van der Waals surface area contributed by atoms with Gasteiger partial charge in [0, 0.05) is 5.02 Å². The van der Waals surface area contributed by atoms with Gasteiger partial charge in [0.25, 0.3) is 0 Å². The molecule has 2 aromatic carbocycles. The molecule has 0 spiro atoms. The van der Waals surface area contributed by atoms with Gasteiger partial charge in [0.15, 0.2) is 0 Å². The molecule has 1 atom stereocenters. The molecular weight excluding hydrogens is 300 g/mol. The molecule has 2 N–H and O–H groups in total. The highest BCUT2D eigenvalue weighted by Gasteiger charge is 2.23. The third kappa shape index (κ3) is 3.59. The van der Waals surface area contributed by atoms with E-state index < -0.39 is 0 Å². The number of aryl methyl sites for hydroxylation is 1. The smallest absolute Gasteiger partial charge is 0.330 e. The van der Waals surface area contributed by atoms with Crippen LogP contribution in [0, 0.1) is 0 Å². The van der Waals surface area contributed by atoms with E-state index in [-0.39, 0.29) is 12.1 Å². The second-order valence-electron chi connectivity index (χ2n) is 5.28. The minimum atomic E-state index is -0.330. The summed E-state index contributed by atoms with van der Waals surface area (Å²) in [5, 5.41) is 3.65. The predicted octanol–water partition coefficient (Wildman–Crippen LogP) is 3.76. The highest BCUT2D eigenvalue weighted by Crippen LogP contribution is 2.32. The summed E-state index contributed by atoms with van der Waals surface area (Å²) >= 11 is 5.98. The van der Waals surface area contributed by atoms with Crippen LogP contribution in [0.5, 0.6) is 0 Å². The second kappa shape index (κ2) is 6.81. The molecule has 0 aliphatic heterocycles. The zero-order chi connectivity index (χ0) is 15.4. The molecule has 2 aromatic rings. The van der Waals surface area contributed by atoms with E-state index in [1.54, 1.807) is 0 Å². The number of amides is 2. The van der Waals surface area contributed by atoms with Crippen LogP contribution in [0.2, 0.25) is 5.02 Å². The van der Waals surface area contributed by atoms with E-state index in [2.05, 4.69) is 10.8 Å². The Bertz CT molecular complexity index is 661. The average molecular weight is 317 g/mol. The Labute approximate surface area is 134 Å². The molecule has 0 bridgehead atoms. The van der Waals surface area contributed by atoms with Crippen molar-refractivity contribution in [3.8, 4) is 0 Å². The molecule has 114 valence electrons. The van der Waals surface area contributed by atoms with Crippen molar-refractivity contribution in [3.63, 3.8) is 0 Å². The first kappa shape index (κ1) is 14.9. The molecule has 1 aliphatic rings. The molecule has 0 saturated carbocycles. The largest absolute Gasteiger partial charge is 0.339 e. The summed E-state index contributed by atoms with van der Waals surface area (Å²) in [7, 11) is 0. The second-order valence-corrected chi connectivity index (χ2v) is 5.72. The van der Waals surface area contributed by atoms with Crippen molar-refractivity contribution in [2.45, 2.75) is 25.5 Å². The molecule has 5 heteroatoms. The van der Waals surface area contributed by atoms with Crippen molar-refractivity contribution in [1.82, 2.24) is 10.8 Å². The van der Waals surface area contributed by atoms with Gasteiger partial charge in [-0.25, -0.2) is 10.3 Å². The maximum absolute atomic E-state index is 11.9. The van der Waals surface area contributed by atoms with Crippen LogP contribution in [0.15, 0.2) is 48.5 Å². The van der Waals surface area contributed by atoms with Crippen LogP contribution in [0.4, 0.5) is 4.79 Å². The Balaban J connectivity index is 1.49. The van der Waals surface area contributed by atoms with Gasteiger partial charge >= 0.3 is 6.03 Å². The molecule has 1 aliphatic carbocycles. The number of rotatable bonds is 4. The minimum Gasteiger partial charge on any atom is -0.330 e. The molecule has 0 saturated heterocycles. The van der Waals surface area contributed by atoms with Gasteiger partial charge in [0.05, 0.1) is 12.6 Å². The van der Waals surface area contributed by atoms with Crippen LogP contribution < -0.4 is 10.8 Å². The maximum atomic E-state index is 11.9. The van der Waals surface area contributed by atoms with Gasteiger partial charge in [-0.05, 0) is 41.7 Å². The fourth-order valence-electron chi connectivity index (χ4n) is 2.68. The highest BCUT2D eigenvalue weighted by atomic mass is 35.5. The number of carbonyl (C=O) groups is 1. The summed E-state index contributed by atoms with van der Waals surface area (Å²) in [6.45, 7) is 0.338. The van der Waals surface area contributed by atoms with E-state index in [0.717, 1.165) is 29.0 Å². The minimum absolute atomic E-state index is 0.00703. The number of nitrogens with one attached hydrogen (secondary N) is 2. The van der Waals surface area contributed by atoms with Crippen molar-refractivity contribution >= 4 is 17.6 Å². The number of carbonyl (C=O) groups excluding carboxylic acids is 1. The van der Waals surface area contributed by atoms with E-state index in [4.69, 9.17) is 16.4 Å². The molecule has 2 amide bonds. The lowest BCUT2D eigenvalue weighted by atomic mass is 10.1. The number of benzene rings is 2. The number of hydrogen-bond acceptors (Lipinski definition) is 2. The Morgan fingerprint density at radius 2 is 2.05 bits per heavy atom. The number of fused-ring (bicyclic) bond motifs is 1. The summed E-state index contributed by atoms with van der Waals surface area (Å²) in [6.07, 6.45) is 1.80. The van der Waals surface area contributed by atoms with Gasteiger partial charge in [-0.3, -0.25) is 4.84 Å². The number of hydrogen-bond donors (Lipinski definition) is 2. The van der Waals surface area contributed by atoms with Crippen molar-refractivity contribution in [2.75, 3.05) is 0 Å². The van der Waals surface area contributed by atoms with Crippen LogP contribution in [-0.2, 0) is 17.9 Å². The fraction of sp³-hybridized carbons (Fsp3) is 0.235. The summed E-state index contributed by atoms with van der Waals surface area (Å²) in [5.74, 6) is 0. The molecule has 0 radical (unpaired) electrons. The zero-order valence-electron chi connectivity index (χ0n) is 12.0. The summed E-state index contributed by atoms with van der Waals surface area (Å²) < 4.78 is 0. The van der Waals surface area contributed by atoms with E-state index in [1.807, 2.05) is 48.5 Å². The summed E-state index contributed by atoms with van der Waals surface area (Å²) in [6, 6.07) is 15.1. The molecule has 1 unspecified atom stereocenters. The van der Waals surface area contributed by atoms with Gasteiger partial charge in [-0.15, -0.1) is 0 Å². The van der Waals surface area contributed by atoms with E-state index in [1.165, 1.54) is 5.56 Å². The third-order valence-corrected chi connectivity index (χ3v) is 3.97. The first-order valence-corrected chi connectivity index (χ1v) is 7.61. The van der Waals surface area contributed by atoms with Gasteiger partial charge in [-0.1, -0.05) is 48.0 Å². The lowest BCUT2D eigenvalue weighted by Crippen LogP contribution is -2.37. The van der Waals surface area contributed by atoms with Gasteiger partial charge in [0.2, 0.25) is 0 Å². The third-order valence-electron chi connectivity index (χ3n) is 3.73. The Morgan fingerprint density at radius 3 is 2.86 bits per heavy atom. The topological polar surface area (TPSA) is 50.4 Å². The van der Waals surface area contributed by atoms with Gasteiger partial charge in [-0.2, -0.15) is 0 Å². The average Bonchev–Trinajstić information content (AvgIpc) is 2.90. The molecule has 0 fully saturated rings. The first-order valence-electron chi connectivity index (χ1n) is 7.23. The SMILES string of the molecule is O=C(NOCc1ccccc1)NC1CCc2cc(Cl)ccc21. The van der Waals surface area contributed by atoms with Crippen LogP contribution in [0.3, 0.4) is 0 Å². The number of urea groups is 1. The highest BCUT2D eigenvalue weighted by molar-refractivity contribution is 6.30. The predicted molar refractivity (Wildman–Crippen MR) is 85.4 cm³/mol. The standard InChI is InChI=1S/C17H17ClN2O2/c18-14-7-8-15-13(10-14)6-9-16(15)19-17(21)20-22-11-12-4-2-1-3-5-12/h1-5,7-8,10,16H,6,9,11H2,(H2,19,20,21). The Hall–Kier alpha value is -2.04. The fourth-order valence-corrected chi connectivity index (χ4v) is 2.88. The normalized spacial score (nSPS) is 16.1. The van der Waals surface area contributed by atoms with Gasteiger partial charge in [0.1, 0.15) is 0 Å². The van der Waals surface area contributed by atoms with Gasteiger partial charge < -0.3 is 5.32 Å². The van der Waals surface area contributed by atoms with Crippen LogP contribution >= 0.6 is 11.6 Å². The lowest BCUT2D eigenvalue weighted by molar-refractivity contribution is 0.0481. The van der Waals surface area contributed by atoms with E-state index in [9.17, 15) is 4.79 Å². The van der Waals surface area contributed by atoms with E-state index in [0.29, 0.717) is 6.61 Å². The first-order chi connectivity index (χ1) is 10.7. The molecule has 0 heterocycles. The molecule has 22 heavy (non-hydrogen) atoms. The Morgan fingerprint density at radius 1 is 1.23 bits per heavy atom. The lowest BCUT2D eigenvalue weighted by Gasteiger charge is -2.15. The molecule has 3 rings (SSSR count). The summed E-state index contributed by atoms with van der Waals surface area (Å²) in [5.41, 5.74) is 5.75. The van der Waals surface area contributed by atoms with Crippen molar-refractivity contribution < 1.29 is 9.63 Å². The van der Waals surface area contributed by atoms with Crippen molar-refractivity contribution in [1.29, 1.82) is 0 Å². The van der Waals surface area contributed by atoms with Crippen LogP contribution in [-0.4, -0.2) is 6.03 Å². The van der Waals surface area contributed by atoms with E-state index >= 15 is 0 Å². The quantitative estimate of drug-likeness (QED) is 0.844. The monoisotopic (exact) mass is 316 g/mol. The van der Waals surface area contributed by atoms with Crippen LogP contribution in [0.25, 0.3) is 0 Å². The van der Waals surface area contributed by atoms with Crippen molar-refractivity contribution in [3.05, 3.63) is 70.2 Å².